The maximum atomic E-state index is 3.66. The number of nitrogens with zero attached hydrogens (tertiary/aromatic N) is 1. The number of rotatable bonds is 6. The number of nitrogens with one attached hydrogen (secondary N) is 1. The summed E-state index contributed by atoms with van der Waals surface area (Å²) in [4.78, 5) is 2.71. The van der Waals surface area contributed by atoms with Crippen LogP contribution in [-0.4, -0.2) is 37.1 Å². The number of hydrogen-bond acceptors (Lipinski definition) is 2. The number of hydrogen-bond donors (Lipinski definition) is 1. The van der Waals surface area contributed by atoms with Crippen LogP contribution in [0.2, 0.25) is 0 Å². The number of piperidine rings is 1. The first kappa shape index (κ1) is 12.4. The van der Waals surface area contributed by atoms with Gasteiger partial charge in [-0.2, -0.15) is 0 Å². The van der Waals surface area contributed by atoms with Gasteiger partial charge in [0.2, 0.25) is 0 Å². The Hall–Kier alpha value is -0.0800. The second-order valence-electron chi connectivity index (χ2n) is 5.86. The fourth-order valence-electron chi connectivity index (χ4n) is 2.92. The lowest BCUT2D eigenvalue weighted by atomic mass is 9.99. The standard InChI is InChI=1S/C14H28N2/c1-3-9-15-13-5-10-16(11-6-13)12-14(4-2)7-8-14/h13,15H,3-12H2,1-2H3. The summed E-state index contributed by atoms with van der Waals surface area (Å²) in [5, 5.41) is 3.66. The minimum atomic E-state index is 0.740. The monoisotopic (exact) mass is 224 g/mol. The summed E-state index contributed by atoms with van der Waals surface area (Å²) in [5.74, 6) is 0. The first-order valence-electron chi connectivity index (χ1n) is 7.24. The highest BCUT2D eigenvalue weighted by atomic mass is 15.2. The zero-order valence-electron chi connectivity index (χ0n) is 11.1. The van der Waals surface area contributed by atoms with Crippen LogP contribution in [0.4, 0.5) is 0 Å². The molecule has 1 aliphatic carbocycles. The second kappa shape index (κ2) is 5.50. The van der Waals surface area contributed by atoms with E-state index in [0.29, 0.717) is 0 Å². The number of likely N-dealkylation sites (tertiary alicyclic amines) is 1. The maximum absolute atomic E-state index is 3.66. The molecule has 2 heteroatoms. The predicted molar refractivity (Wildman–Crippen MR) is 69.7 cm³/mol. The summed E-state index contributed by atoms with van der Waals surface area (Å²) < 4.78 is 0. The summed E-state index contributed by atoms with van der Waals surface area (Å²) in [6.45, 7) is 9.84. The first-order valence-corrected chi connectivity index (χ1v) is 7.24. The molecule has 1 aliphatic heterocycles. The third-order valence-corrected chi connectivity index (χ3v) is 4.54. The van der Waals surface area contributed by atoms with Gasteiger partial charge in [0.05, 0.1) is 0 Å². The zero-order valence-corrected chi connectivity index (χ0v) is 11.1. The van der Waals surface area contributed by atoms with Crippen LogP contribution in [0.25, 0.3) is 0 Å². The van der Waals surface area contributed by atoms with Crippen LogP contribution in [0.5, 0.6) is 0 Å². The van der Waals surface area contributed by atoms with Crippen molar-refractivity contribution >= 4 is 0 Å². The van der Waals surface area contributed by atoms with E-state index in [0.717, 1.165) is 11.5 Å². The lowest BCUT2D eigenvalue weighted by Crippen LogP contribution is -2.44. The van der Waals surface area contributed by atoms with Crippen molar-refractivity contribution in [1.82, 2.24) is 10.2 Å². The fraction of sp³-hybridized carbons (Fsp3) is 1.00. The fourth-order valence-corrected chi connectivity index (χ4v) is 2.92. The largest absolute Gasteiger partial charge is 0.314 e. The van der Waals surface area contributed by atoms with Crippen LogP contribution >= 0.6 is 0 Å². The molecule has 0 aromatic carbocycles. The third-order valence-electron chi connectivity index (χ3n) is 4.54. The normalized spacial score (nSPS) is 25.9. The van der Waals surface area contributed by atoms with Crippen LogP contribution in [0.3, 0.4) is 0 Å². The minimum Gasteiger partial charge on any atom is -0.314 e. The Bertz CT molecular complexity index is 203. The molecule has 2 nitrogen and oxygen atoms in total. The average molecular weight is 224 g/mol. The third kappa shape index (κ3) is 3.21. The van der Waals surface area contributed by atoms with E-state index in [4.69, 9.17) is 0 Å². The highest BCUT2D eigenvalue weighted by Crippen LogP contribution is 2.49. The van der Waals surface area contributed by atoms with Crippen LogP contribution in [-0.2, 0) is 0 Å². The molecule has 1 N–H and O–H groups in total. The van der Waals surface area contributed by atoms with Gasteiger partial charge in [-0.1, -0.05) is 13.8 Å². The maximum Gasteiger partial charge on any atom is 0.00914 e. The molecule has 0 spiro atoms. The van der Waals surface area contributed by atoms with Crippen molar-refractivity contribution in [2.24, 2.45) is 5.41 Å². The van der Waals surface area contributed by atoms with Crippen molar-refractivity contribution in [1.29, 1.82) is 0 Å². The van der Waals surface area contributed by atoms with E-state index in [9.17, 15) is 0 Å². The summed E-state index contributed by atoms with van der Waals surface area (Å²) in [6, 6.07) is 0.799. The van der Waals surface area contributed by atoms with Crippen LogP contribution in [0.15, 0.2) is 0 Å². The van der Waals surface area contributed by atoms with Crippen LogP contribution < -0.4 is 5.32 Å². The lowest BCUT2D eigenvalue weighted by Gasteiger charge is -2.34. The van der Waals surface area contributed by atoms with Gasteiger partial charge in [0.1, 0.15) is 0 Å². The van der Waals surface area contributed by atoms with Crippen molar-refractivity contribution < 1.29 is 0 Å². The van der Waals surface area contributed by atoms with Crippen molar-refractivity contribution in [2.75, 3.05) is 26.2 Å². The van der Waals surface area contributed by atoms with E-state index in [2.05, 4.69) is 24.1 Å². The molecule has 1 heterocycles. The molecule has 0 radical (unpaired) electrons. The molecule has 0 amide bonds. The lowest BCUT2D eigenvalue weighted by molar-refractivity contribution is 0.162. The van der Waals surface area contributed by atoms with E-state index >= 15 is 0 Å². The summed E-state index contributed by atoms with van der Waals surface area (Å²) in [7, 11) is 0. The Balaban J connectivity index is 1.65. The minimum absolute atomic E-state index is 0.740. The molecule has 0 bridgehead atoms. The van der Waals surface area contributed by atoms with Gasteiger partial charge in [0, 0.05) is 12.6 Å². The molecule has 2 rings (SSSR count). The SMILES string of the molecule is CCCNC1CCN(CC2(CC)CC2)CC1. The van der Waals surface area contributed by atoms with Crippen molar-refractivity contribution in [3.05, 3.63) is 0 Å². The average Bonchev–Trinajstić information content (AvgIpc) is 3.09. The van der Waals surface area contributed by atoms with E-state index in [1.54, 1.807) is 0 Å². The smallest absolute Gasteiger partial charge is 0.00914 e. The van der Waals surface area contributed by atoms with Crippen molar-refractivity contribution in [2.45, 2.75) is 58.4 Å². The molecule has 1 saturated heterocycles. The quantitative estimate of drug-likeness (QED) is 0.746. The Morgan fingerprint density at radius 3 is 2.38 bits per heavy atom. The van der Waals surface area contributed by atoms with Gasteiger partial charge in [-0.15, -0.1) is 0 Å². The molecule has 0 aromatic rings. The molecular weight excluding hydrogens is 196 g/mol. The van der Waals surface area contributed by atoms with Gasteiger partial charge in [0.25, 0.3) is 0 Å². The van der Waals surface area contributed by atoms with Crippen molar-refractivity contribution in [3.63, 3.8) is 0 Å². The van der Waals surface area contributed by atoms with E-state index in [-0.39, 0.29) is 0 Å². The van der Waals surface area contributed by atoms with Gasteiger partial charge in [-0.25, -0.2) is 0 Å². The van der Waals surface area contributed by atoms with Gasteiger partial charge >= 0.3 is 0 Å². The summed E-state index contributed by atoms with van der Waals surface area (Å²) in [6.07, 6.45) is 8.34. The van der Waals surface area contributed by atoms with E-state index < -0.39 is 0 Å². The highest BCUT2D eigenvalue weighted by Gasteiger charge is 2.42. The summed E-state index contributed by atoms with van der Waals surface area (Å²) in [5.41, 5.74) is 0.740. The molecule has 0 unspecified atom stereocenters. The first-order chi connectivity index (χ1) is 7.78. The Kier molecular flexibility index (Phi) is 4.26. The van der Waals surface area contributed by atoms with Crippen LogP contribution in [0, 0.1) is 5.41 Å². The predicted octanol–water partition coefficient (Wildman–Crippen LogP) is 2.64. The molecule has 2 aliphatic rings. The van der Waals surface area contributed by atoms with Gasteiger partial charge in [-0.3, -0.25) is 0 Å². The van der Waals surface area contributed by atoms with Gasteiger partial charge in [0.15, 0.2) is 0 Å². The molecule has 0 aromatic heterocycles. The molecule has 94 valence electrons. The van der Waals surface area contributed by atoms with Gasteiger partial charge in [-0.05, 0) is 63.6 Å². The zero-order chi connectivity index (χ0) is 11.4. The topological polar surface area (TPSA) is 15.3 Å². The molecule has 0 atom stereocenters. The van der Waals surface area contributed by atoms with Crippen LogP contribution in [0.1, 0.15) is 52.4 Å². The Morgan fingerprint density at radius 2 is 1.88 bits per heavy atom. The molecule has 1 saturated carbocycles. The highest BCUT2D eigenvalue weighted by molar-refractivity contribution is 4.95. The van der Waals surface area contributed by atoms with Crippen molar-refractivity contribution in [3.8, 4) is 0 Å². The molecule has 16 heavy (non-hydrogen) atoms. The second-order valence-corrected chi connectivity index (χ2v) is 5.86. The molecular formula is C14H28N2. The Labute approximate surface area is 101 Å². The summed E-state index contributed by atoms with van der Waals surface area (Å²) >= 11 is 0. The van der Waals surface area contributed by atoms with Gasteiger partial charge < -0.3 is 10.2 Å². The van der Waals surface area contributed by atoms with E-state index in [1.807, 2.05) is 0 Å². The molecule has 2 fully saturated rings. The van der Waals surface area contributed by atoms with E-state index in [1.165, 1.54) is 64.7 Å². The Morgan fingerprint density at radius 1 is 1.19 bits per heavy atom.